The van der Waals surface area contributed by atoms with Crippen LogP contribution < -0.4 is 0 Å². The minimum absolute atomic E-state index is 0.0521. The molecule has 92 valence electrons. The highest BCUT2D eigenvalue weighted by Gasteiger charge is 2.27. The van der Waals surface area contributed by atoms with Crippen LogP contribution in [0.2, 0.25) is 0 Å². The zero-order valence-corrected chi connectivity index (χ0v) is 11.4. The molecule has 1 heterocycles. The van der Waals surface area contributed by atoms with Crippen molar-refractivity contribution in [2.45, 2.75) is 52.9 Å². The van der Waals surface area contributed by atoms with Gasteiger partial charge in [-0.1, -0.05) is 26.7 Å². The second-order valence-electron chi connectivity index (χ2n) is 4.65. The monoisotopic (exact) mass is 241 g/mol. The van der Waals surface area contributed by atoms with E-state index in [0.29, 0.717) is 0 Å². The van der Waals surface area contributed by atoms with Crippen LogP contribution in [-0.4, -0.2) is 16.7 Å². The van der Waals surface area contributed by atoms with Gasteiger partial charge in [-0.05, 0) is 31.6 Å². The molecule has 0 aliphatic carbocycles. The van der Waals surface area contributed by atoms with E-state index in [4.69, 9.17) is 0 Å². The zero-order chi connectivity index (χ0) is 12.0. The van der Waals surface area contributed by atoms with E-state index in [9.17, 15) is 5.11 Å². The fraction of sp³-hybridized carbons (Fsp3) is 0.769. The molecule has 1 atom stereocenters. The SMILES string of the molecule is CCCCC(CC)(CO)Cc1csc(C)n1. The lowest BCUT2D eigenvalue weighted by molar-refractivity contribution is 0.106. The molecule has 1 N–H and O–H groups in total. The first-order valence-corrected chi connectivity index (χ1v) is 7.05. The van der Waals surface area contributed by atoms with Crippen LogP contribution in [0.3, 0.4) is 0 Å². The van der Waals surface area contributed by atoms with E-state index in [2.05, 4.69) is 24.2 Å². The van der Waals surface area contributed by atoms with Gasteiger partial charge < -0.3 is 5.11 Å². The molecule has 0 spiro atoms. The van der Waals surface area contributed by atoms with E-state index in [1.54, 1.807) is 11.3 Å². The smallest absolute Gasteiger partial charge is 0.0897 e. The molecule has 1 rings (SSSR count). The van der Waals surface area contributed by atoms with Crippen LogP contribution in [0, 0.1) is 12.3 Å². The van der Waals surface area contributed by atoms with Crippen LogP contribution in [0.25, 0.3) is 0 Å². The van der Waals surface area contributed by atoms with E-state index in [1.807, 2.05) is 6.92 Å². The second-order valence-corrected chi connectivity index (χ2v) is 5.71. The first kappa shape index (κ1) is 13.7. The number of aryl methyl sites for hydroxylation is 1. The summed E-state index contributed by atoms with van der Waals surface area (Å²) in [5.41, 5.74) is 1.20. The summed E-state index contributed by atoms with van der Waals surface area (Å²) in [5.74, 6) is 0. The molecule has 2 nitrogen and oxygen atoms in total. The molecule has 0 aliphatic rings. The molecule has 0 saturated carbocycles. The maximum atomic E-state index is 9.65. The van der Waals surface area contributed by atoms with Crippen LogP contribution in [0.1, 0.15) is 50.2 Å². The Bertz CT molecular complexity index is 305. The fourth-order valence-corrected chi connectivity index (χ4v) is 2.67. The van der Waals surface area contributed by atoms with Gasteiger partial charge in [-0.2, -0.15) is 0 Å². The molecule has 0 aromatic carbocycles. The van der Waals surface area contributed by atoms with E-state index < -0.39 is 0 Å². The zero-order valence-electron chi connectivity index (χ0n) is 10.6. The Balaban J connectivity index is 2.69. The third-order valence-electron chi connectivity index (χ3n) is 3.37. The predicted octanol–water partition coefficient (Wildman–Crippen LogP) is 3.57. The van der Waals surface area contributed by atoms with Crippen LogP contribution in [-0.2, 0) is 6.42 Å². The van der Waals surface area contributed by atoms with Gasteiger partial charge in [0.1, 0.15) is 0 Å². The molecule has 0 saturated heterocycles. The highest BCUT2D eigenvalue weighted by atomic mass is 32.1. The van der Waals surface area contributed by atoms with Crippen molar-refractivity contribution < 1.29 is 5.11 Å². The van der Waals surface area contributed by atoms with Crippen molar-refractivity contribution in [1.29, 1.82) is 0 Å². The molecule has 1 aromatic rings. The second kappa shape index (κ2) is 6.36. The van der Waals surface area contributed by atoms with E-state index in [-0.39, 0.29) is 12.0 Å². The van der Waals surface area contributed by atoms with Gasteiger partial charge >= 0.3 is 0 Å². The molecule has 3 heteroatoms. The Hall–Kier alpha value is -0.410. The number of hydrogen-bond acceptors (Lipinski definition) is 3. The van der Waals surface area contributed by atoms with Crippen molar-refractivity contribution in [2.75, 3.05) is 6.61 Å². The Morgan fingerprint density at radius 1 is 1.44 bits per heavy atom. The largest absolute Gasteiger partial charge is 0.396 e. The minimum Gasteiger partial charge on any atom is -0.396 e. The van der Waals surface area contributed by atoms with Gasteiger partial charge in [0.05, 0.1) is 10.7 Å². The van der Waals surface area contributed by atoms with E-state index in [1.165, 1.54) is 12.8 Å². The van der Waals surface area contributed by atoms with Gasteiger partial charge in [0.2, 0.25) is 0 Å². The van der Waals surface area contributed by atoms with Crippen molar-refractivity contribution in [2.24, 2.45) is 5.41 Å². The van der Waals surface area contributed by atoms with Crippen molar-refractivity contribution in [3.05, 3.63) is 16.1 Å². The molecular formula is C13H23NOS. The summed E-state index contributed by atoms with van der Waals surface area (Å²) >= 11 is 1.70. The van der Waals surface area contributed by atoms with E-state index in [0.717, 1.165) is 30.0 Å². The standard InChI is InChI=1S/C13H23NOS/c1-4-6-7-13(5-2,10-15)8-12-9-16-11(3)14-12/h9,15H,4-8,10H2,1-3H3. The number of aliphatic hydroxyl groups is 1. The molecule has 0 aliphatic heterocycles. The first-order chi connectivity index (χ1) is 7.65. The lowest BCUT2D eigenvalue weighted by Gasteiger charge is -2.30. The van der Waals surface area contributed by atoms with Crippen molar-refractivity contribution in [1.82, 2.24) is 4.98 Å². The fourth-order valence-electron chi connectivity index (χ4n) is 2.06. The lowest BCUT2D eigenvalue weighted by atomic mass is 9.77. The number of rotatable bonds is 7. The lowest BCUT2D eigenvalue weighted by Crippen LogP contribution is -2.27. The van der Waals surface area contributed by atoms with Gasteiger partial charge in [-0.25, -0.2) is 4.98 Å². The maximum absolute atomic E-state index is 9.65. The maximum Gasteiger partial charge on any atom is 0.0897 e. The quantitative estimate of drug-likeness (QED) is 0.791. The van der Waals surface area contributed by atoms with Gasteiger partial charge in [0, 0.05) is 12.0 Å². The van der Waals surface area contributed by atoms with Gasteiger partial charge in [-0.15, -0.1) is 11.3 Å². The van der Waals surface area contributed by atoms with E-state index >= 15 is 0 Å². The Morgan fingerprint density at radius 2 is 2.19 bits per heavy atom. The average Bonchev–Trinajstić information content (AvgIpc) is 2.70. The Morgan fingerprint density at radius 3 is 2.62 bits per heavy atom. The van der Waals surface area contributed by atoms with Gasteiger partial charge in [0.25, 0.3) is 0 Å². The summed E-state index contributed by atoms with van der Waals surface area (Å²) < 4.78 is 0. The molecule has 0 radical (unpaired) electrons. The number of nitrogens with zero attached hydrogens (tertiary/aromatic N) is 1. The van der Waals surface area contributed by atoms with Crippen molar-refractivity contribution in [3.8, 4) is 0 Å². The number of hydrogen-bond donors (Lipinski definition) is 1. The van der Waals surface area contributed by atoms with Crippen LogP contribution in [0.5, 0.6) is 0 Å². The average molecular weight is 241 g/mol. The molecule has 16 heavy (non-hydrogen) atoms. The van der Waals surface area contributed by atoms with Crippen molar-refractivity contribution >= 4 is 11.3 Å². The van der Waals surface area contributed by atoms with Crippen LogP contribution in [0.15, 0.2) is 5.38 Å². The number of aliphatic hydroxyl groups excluding tert-OH is 1. The molecule has 0 bridgehead atoms. The minimum atomic E-state index is 0.0521. The van der Waals surface area contributed by atoms with Gasteiger partial charge in [0.15, 0.2) is 0 Å². The Kier molecular flexibility index (Phi) is 5.42. The summed E-state index contributed by atoms with van der Waals surface area (Å²) in [4.78, 5) is 4.51. The van der Waals surface area contributed by atoms with Crippen LogP contribution in [0.4, 0.5) is 0 Å². The number of unbranched alkanes of at least 4 members (excludes halogenated alkanes) is 1. The molecule has 0 fully saturated rings. The van der Waals surface area contributed by atoms with Gasteiger partial charge in [-0.3, -0.25) is 0 Å². The Labute approximate surface area is 103 Å². The highest BCUT2D eigenvalue weighted by molar-refractivity contribution is 7.09. The normalized spacial score (nSPS) is 15.0. The topological polar surface area (TPSA) is 33.1 Å². The highest BCUT2D eigenvalue weighted by Crippen LogP contribution is 2.32. The summed E-state index contributed by atoms with van der Waals surface area (Å²) in [6.45, 7) is 6.68. The summed E-state index contributed by atoms with van der Waals surface area (Å²) in [5, 5.41) is 12.9. The summed E-state index contributed by atoms with van der Waals surface area (Å²) in [6, 6.07) is 0. The molecular weight excluding hydrogens is 218 g/mol. The number of aromatic nitrogens is 1. The third kappa shape index (κ3) is 3.56. The first-order valence-electron chi connectivity index (χ1n) is 6.17. The summed E-state index contributed by atoms with van der Waals surface area (Å²) in [7, 11) is 0. The number of thiazole rings is 1. The third-order valence-corrected chi connectivity index (χ3v) is 4.19. The van der Waals surface area contributed by atoms with Crippen LogP contribution >= 0.6 is 11.3 Å². The molecule has 1 aromatic heterocycles. The molecule has 1 unspecified atom stereocenters. The summed E-state index contributed by atoms with van der Waals surface area (Å²) in [6.07, 6.45) is 5.44. The molecule has 0 amide bonds. The predicted molar refractivity (Wildman–Crippen MR) is 69.9 cm³/mol. The van der Waals surface area contributed by atoms with Crippen molar-refractivity contribution in [3.63, 3.8) is 0 Å².